The molecule has 0 aliphatic rings. The van der Waals surface area contributed by atoms with E-state index in [2.05, 4.69) is 56.9 Å². The molecule has 23 heavy (non-hydrogen) atoms. The number of benzene rings is 1. The van der Waals surface area contributed by atoms with Crippen LogP contribution >= 0.6 is 0 Å². The van der Waals surface area contributed by atoms with Crippen LogP contribution in [0.25, 0.3) is 0 Å². The number of nitrogens with zero attached hydrogens (tertiary/aromatic N) is 3. The largest absolute Gasteiger partial charge is 0.360 e. The lowest BCUT2D eigenvalue weighted by atomic mass is 10.1. The number of hydrogen-bond donors (Lipinski definition) is 2. The molecule has 0 saturated carbocycles. The van der Waals surface area contributed by atoms with Gasteiger partial charge in [-0.25, -0.2) is 4.98 Å². The van der Waals surface area contributed by atoms with Crippen LogP contribution < -0.4 is 10.6 Å². The summed E-state index contributed by atoms with van der Waals surface area (Å²) in [5.74, 6) is 2.63. The van der Waals surface area contributed by atoms with Crippen molar-refractivity contribution in [2.45, 2.75) is 27.3 Å². The SMILES string of the molecule is Cc1ccc(CNc2nc(C)cc(Nc3cc(C)on3)n2)cc1. The average Bonchev–Trinajstić information content (AvgIpc) is 2.91. The first kappa shape index (κ1) is 15.0. The molecule has 1 aromatic carbocycles. The van der Waals surface area contributed by atoms with Gasteiger partial charge >= 0.3 is 0 Å². The number of anilines is 3. The highest BCUT2D eigenvalue weighted by atomic mass is 16.5. The summed E-state index contributed by atoms with van der Waals surface area (Å²) in [6, 6.07) is 12.0. The Kier molecular flexibility index (Phi) is 4.23. The summed E-state index contributed by atoms with van der Waals surface area (Å²) in [5.41, 5.74) is 3.30. The van der Waals surface area contributed by atoms with E-state index in [1.54, 1.807) is 0 Å². The van der Waals surface area contributed by atoms with E-state index in [4.69, 9.17) is 4.52 Å². The highest BCUT2D eigenvalue weighted by Crippen LogP contribution is 2.17. The third-order valence-electron chi connectivity index (χ3n) is 3.31. The maximum absolute atomic E-state index is 5.04. The quantitative estimate of drug-likeness (QED) is 0.747. The molecule has 0 aliphatic carbocycles. The Bertz CT molecular complexity index is 795. The van der Waals surface area contributed by atoms with Crippen LogP contribution in [0.1, 0.15) is 22.6 Å². The van der Waals surface area contributed by atoms with Crippen molar-refractivity contribution < 1.29 is 4.52 Å². The minimum Gasteiger partial charge on any atom is -0.360 e. The van der Waals surface area contributed by atoms with Crippen LogP contribution in [0.3, 0.4) is 0 Å². The zero-order chi connectivity index (χ0) is 16.2. The van der Waals surface area contributed by atoms with Gasteiger partial charge in [-0.05, 0) is 26.3 Å². The normalized spacial score (nSPS) is 10.6. The Hall–Kier alpha value is -2.89. The van der Waals surface area contributed by atoms with Crippen molar-refractivity contribution in [3.63, 3.8) is 0 Å². The summed E-state index contributed by atoms with van der Waals surface area (Å²) in [6.07, 6.45) is 0. The van der Waals surface area contributed by atoms with Gasteiger partial charge in [-0.15, -0.1) is 0 Å². The predicted molar refractivity (Wildman–Crippen MR) is 89.8 cm³/mol. The van der Waals surface area contributed by atoms with Crippen molar-refractivity contribution in [3.05, 3.63) is 59.0 Å². The maximum atomic E-state index is 5.04. The summed E-state index contributed by atoms with van der Waals surface area (Å²) in [6.45, 7) is 6.52. The topological polar surface area (TPSA) is 75.9 Å². The molecule has 0 amide bonds. The third kappa shape index (κ3) is 4.06. The zero-order valence-electron chi connectivity index (χ0n) is 13.4. The summed E-state index contributed by atoms with van der Waals surface area (Å²) in [7, 11) is 0. The molecule has 0 saturated heterocycles. The minimum atomic E-state index is 0.577. The molecule has 0 spiro atoms. The standard InChI is InChI=1S/C17H19N5O/c1-11-4-6-14(7-5-11)10-18-17-19-12(2)8-15(21-17)20-16-9-13(3)23-22-16/h4-9H,10H2,1-3H3,(H2,18,19,20,21,22). The smallest absolute Gasteiger partial charge is 0.225 e. The van der Waals surface area contributed by atoms with Crippen molar-refractivity contribution in [1.29, 1.82) is 0 Å². The van der Waals surface area contributed by atoms with E-state index < -0.39 is 0 Å². The molecule has 2 heterocycles. The lowest BCUT2D eigenvalue weighted by Gasteiger charge is -2.09. The first-order chi connectivity index (χ1) is 11.1. The van der Waals surface area contributed by atoms with Crippen molar-refractivity contribution in [1.82, 2.24) is 15.1 Å². The van der Waals surface area contributed by atoms with E-state index >= 15 is 0 Å². The first-order valence-corrected chi connectivity index (χ1v) is 7.44. The van der Waals surface area contributed by atoms with Gasteiger partial charge < -0.3 is 15.2 Å². The number of aryl methyl sites for hydroxylation is 3. The second-order valence-corrected chi connectivity index (χ2v) is 5.51. The van der Waals surface area contributed by atoms with Gasteiger partial charge in [0.05, 0.1) is 0 Å². The van der Waals surface area contributed by atoms with Gasteiger partial charge in [-0.2, -0.15) is 4.98 Å². The molecule has 2 aromatic heterocycles. The second kappa shape index (κ2) is 6.48. The fourth-order valence-electron chi connectivity index (χ4n) is 2.16. The number of nitrogens with one attached hydrogen (secondary N) is 2. The molecule has 0 bridgehead atoms. The van der Waals surface area contributed by atoms with Crippen LogP contribution in [0, 0.1) is 20.8 Å². The lowest BCUT2D eigenvalue weighted by molar-refractivity contribution is 0.400. The van der Waals surface area contributed by atoms with E-state index in [0.29, 0.717) is 24.1 Å². The van der Waals surface area contributed by atoms with Gasteiger partial charge in [0.15, 0.2) is 5.82 Å². The van der Waals surface area contributed by atoms with E-state index in [9.17, 15) is 0 Å². The molecule has 6 nitrogen and oxygen atoms in total. The van der Waals surface area contributed by atoms with E-state index in [1.165, 1.54) is 11.1 Å². The Morgan fingerprint density at radius 3 is 2.43 bits per heavy atom. The first-order valence-electron chi connectivity index (χ1n) is 7.44. The van der Waals surface area contributed by atoms with Crippen LogP contribution in [-0.4, -0.2) is 15.1 Å². The molecule has 2 N–H and O–H groups in total. The zero-order valence-corrected chi connectivity index (χ0v) is 13.4. The van der Waals surface area contributed by atoms with Crippen molar-refractivity contribution in [2.75, 3.05) is 10.6 Å². The molecule has 3 rings (SSSR count). The van der Waals surface area contributed by atoms with Crippen molar-refractivity contribution in [3.8, 4) is 0 Å². The van der Waals surface area contributed by atoms with Crippen LogP contribution in [0.5, 0.6) is 0 Å². The molecule has 118 valence electrons. The predicted octanol–water partition coefficient (Wildman–Crippen LogP) is 3.75. The molecule has 0 unspecified atom stereocenters. The number of hydrogen-bond acceptors (Lipinski definition) is 6. The van der Waals surface area contributed by atoms with Crippen molar-refractivity contribution in [2.24, 2.45) is 0 Å². The summed E-state index contributed by atoms with van der Waals surface area (Å²) in [5, 5.41) is 10.3. The van der Waals surface area contributed by atoms with Crippen LogP contribution in [0.15, 0.2) is 40.9 Å². The average molecular weight is 309 g/mol. The number of rotatable bonds is 5. The highest BCUT2D eigenvalue weighted by Gasteiger charge is 2.05. The molecule has 0 radical (unpaired) electrons. The van der Waals surface area contributed by atoms with Gasteiger partial charge in [0.25, 0.3) is 0 Å². The molecule has 3 aromatic rings. The van der Waals surface area contributed by atoms with E-state index in [0.717, 1.165) is 11.5 Å². The van der Waals surface area contributed by atoms with E-state index in [1.807, 2.05) is 26.0 Å². The molecule has 6 heteroatoms. The maximum Gasteiger partial charge on any atom is 0.225 e. The van der Waals surface area contributed by atoms with Gasteiger partial charge in [-0.1, -0.05) is 35.0 Å². The second-order valence-electron chi connectivity index (χ2n) is 5.51. The fraction of sp³-hybridized carbons (Fsp3) is 0.235. The third-order valence-corrected chi connectivity index (χ3v) is 3.31. The molecular formula is C17H19N5O. The Labute approximate surface area is 135 Å². The van der Waals surface area contributed by atoms with Crippen molar-refractivity contribution >= 4 is 17.6 Å². The van der Waals surface area contributed by atoms with Gasteiger partial charge in [0.1, 0.15) is 11.6 Å². The Balaban J connectivity index is 1.70. The summed E-state index contributed by atoms with van der Waals surface area (Å²) < 4.78 is 5.04. The molecule has 0 fully saturated rings. The van der Waals surface area contributed by atoms with Gasteiger partial charge in [0, 0.05) is 24.4 Å². The Morgan fingerprint density at radius 1 is 0.957 bits per heavy atom. The highest BCUT2D eigenvalue weighted by molar-refractivity contribution is 5.53. The van der Waals surface area contributed by atoms with Crippen LogP contribution in [0.2, 0.25) is 0 Å². The van der Waals surface area contributed by atoms with Gasteiger partial charge in [0.2, 0.25) is 5.95 Å². The van der Waals surface area contributed by atoms with Gasteiger partial charge in [-0.3, -0.25) is 0 Å². The molecule has 0 aliphatic heterocycles. The van der Waals surface area contributed by atoms with Crippen LogP contribution in [0.4, 0.5) is 17.6 Å². The minimum absolute atomic E-state index is 0.577. The molecular weight excluding hydrogens is 290 g/mol. The molecule has 0 atom stereocenters. The van der Waals surface area contributed by atoms with E-state index in [-0.39, 0.29) is 0 Å². The van der Waals surface area contributed by atoms with Crippen LogP contribution in [-0.2, 0) is 6.54 Å². The summed E-state index contributed by atoms with van der Waals surface area (Å²) >= 11 is 0. The number of aromatic nitrogens is 3. The summed E-state index contributed by atoms with van der Waals surface area (Å²) in [4.78, 5) is 8.86. The Morgan fingerprint density at radius 2 is 1.74 bits per heavy atom. The monoisotopic (exact) mass is 309 g/mol. The fourth-order valence-corrected chi connectivity index (χ4v) is 2.16. The lowest BCUT2D eigenvalue weighted by Crippen LogP contribution is -2.06.